The number of nitrogens with zero attached hydrogens (tertiary/aromatic N) is 4. The number of piperidine rings is 1. The fourth-order valence-electron chi connectivity index (χ4n) is 5.08. The molecule has 10 nitrogen and oxygen atoms in total. The minimum absolute atomic E-state index is 0.106. The number of rotatable bonds is 9. The molecule has 0 radical (unpaired) electrons. The Balaban J connectivity index is 1.38. The predicted molar refractivity (Wildman–Crippen MR) is 172 cm³/mol. The van der Waals surface area contributed by atoms with Crippen molar-refractivity contribution >= 4 is 46.7 Å². The highest BCUT2D eigenvalue weighted by Gasteiger charge is 2.46. The summed E-state index contributed by atoms with van der Waals surface area (Å²) >= 11 is 8.01. The number of carbonyl (C=O) groups excluding carboxylic acids is 2. The van der Waals surface area contributed by atoms with E-state index in [1.54, 1.807) is 38.2 Å². The Kier molecular flexibility index (Phi) is 9.10. The fraction of sp³-hybridized carbons (Fsp3) is 0.375. The van der Waals surface area contributed by atoms with Gasteiger partial charge in [-0.3, -0.25) is 9.59 Å². The summed E-state index contributed by atoms with van der Waals surface area (Å²) < 4.78 is 6.23. The first kappa shape index (κ1) is 31.6. The van der Waals surface area contributed by atoms with Crippen LogP contribution < -0.4 is 20.7 Å². The van der Waals surface area contributed by atoms with Crippen molar-refractivity contribution in [1.82, 2.24) is 14.9 Å². The van der Waals surface area contributed by atoms with Gasteiger partial charge in [0.05, 0.1) is 22.4 Å². The summed E-state index contributed by atoms with van der Waals surface area (Å²) in [7, 11) is 1.54. The minimum atomic E-state index is -0.991. The lowest BCUT2D eigenvalue weighted by atomic mass is 9.80. The quantitative estimate of drug-likeness (QED) is 0.263. The number of nitrogens with one attached hydrogen (secondary N) is 1. The number of aromatic nitrogens is 2. The summed E-state index contributed by atoms with van der Waals surface area (Å²) in [4.78, 5) is 39.5. The van der Waals surface area contributed by atoms with E-state index in [4.69, 9.17) is 32.0 Å². The summed E-state index contributed by atoms with van der Waals surface area (Å²) in [5, 5.41) is 14.1. The zero-order valence-corrected chi connectivity index (χ0v) is 26.8. The van der Waals surface area contributed by atoms with Gasteiger partial charge in [0.25, 0.3) is 17.7 Å². The Morgan fingerprint density at radius 2 is 1.84 bits per heavy atom. The van der Waals surface area contributed by atoms with Crippen LogP contribution in [0.5, 0.6) is 5.88 Å². The van der Waals surface area contributed by atoms with E-state index in [-0.39, 0.29) is 21.8 Å². The van der Waals surface area contributed by atoms with E-state index < -0.39 is 17.4 Å². The number of likely N-dealkylation sites (N-methyl/N-ethyl adjacent to an activating group) is 1. The van der Waals surface area contributed by atoms with Gasteiger partial charge in [-0.2, -0.15) is 0 Å². The number of ether oxygens (including phenoxy) is 1. The number of carbonyl (C=O) groups is 2. The zero-order chi connectivity index (χ0) is 31.6. The monoisotopic (exact) mass is 636 g/mol. The first-order chi connectivity index (χ1) is 20.9. The highest BCUT2D eigenvalue weighted by atomic mass is 35.5. The number of anilines is 2. The zero-order valence-electron chi connectivity index (χ0n) is 25.3. The first-order valence-corrected chi connectivity index (χ1v) is 15.6. The van der Waals surface area contributed by atoms with Crippen LogP contribution in [0.4, 0.5) is 11.5 Å². The molecule has 0 unspecified atom stereocenters. The molecule has 3 aromatic rings. The minimum Gasteiger partial charge on any atom is -0.509 e. The second-order valence-electron chi connectivity index (χ2n) is 11.9. The highest BCUT2D eigenvalue weighted by Crippen LogP contribution is 2.40. The highest BCUT2D eigenvalue weighted by molar-refractivity contribution is 7.99. The molecule has 3 heterocycles. The van der Waals surface area contributed by atoms with Gasteiger partial charge in [0.15, 0.2) is 5.82 Å². The summed E-state index contributed by atoms with van der Waals surface area (Å²) in [6.07, 6.45) is 3.58. The van der Waals surface area contributed by atoms with E-state index in [1.807, 2.05) is 30.3 Å². The molecule has 2 aromatic carbocycles. The van der Waals surface area contributed by atoms with Gasteiger partial charge in [-0.05, 0) is 56.3 Å². The van der Waals surface area contributed by atoms with Crippen LogP contribution in [0.15, 0.2) is 76.0 Å². The van der Waals surface area contributed by atoms with E-state index >= 15 is 0 Å². The van der Waals surface area contributed by atoms with Crippen molar-refractivity contribution in [3.8, 4) is 5.88 Å². The molecule has 12 heteroatoms. The Morgan fingerprint density at radius 3 is 2.48 bits per heavy atom. The predicted octanol–water partition coefficient (Wildman–Crippen LogP) is 5.43. The van der Waals surface area contributed by atoms with Gasteiger partial charge >= 0.3 is 0 Å². The Bertz CT molecular complexity index is 1590. The molecule has 0 spiro atoms. The third-order valence-electron chi connectivity index (χ3n) is 8.51. The van der Waals surface area contributed by atoms with Gasteiger partial charge in [-0.1, -0.05) is 66.7 Å². The number of hydrogen-bond acceptors (Lipinski definition) is 9. The number of aliphatic hydroxyl groups excluding tert-OH is 1. The van der Waals surface area contributed by atoms with Crippen molar-refractivity contribution < 1.29 is 19.4 Å². The molecule has 4 N–H and O–H groups in total. The molecule has 2 aliphatic heterocycles. The van der Waals surface area contributed by atoms with E-state index in [0.29, 0.717) is 40.5 Å². The van der Waals surface area contributed by atoms with E-state index in [1.165, 1.54) is 23.7 Å². The van der Waals surface area contributed by atoms with Crippen molar-refractivity contribution in [3.05, 3.63) is 76.6 Å². The van der Waals surface area contributed by atoms with Crippen molar-refractivity contribution in [1.29, 1.82) is 0 Å². The molecule has 232 valence electrons. The molecule has 5 rings (SSSR count). The molecule has 1 saturated heterocycles. The van der Waals surface area contributed by atoms with Gasteiger partial charge in [-0.15, -0.1) is 0 Å². The van der Waals surface area contributed by atoms with E-state index in [0.717, 1.165) is 31.5 Å². The van der Waals surface area contributed by atoms with Crippen molar-refractivity contribution in [3.63, 3.8) is 0 Å². The number of nitrogens with two attached hydrogens (primary N) is 1. The smallest absolute Gasteiger partial charge is 0.264 e. The standard InChI is InChI=1S/C32H37ClN6O4S/c1-31(2)26(40)24(30(42)38(31)4)28(41)36-21-11-8-12-22(25(21)33)44-23-17-35-27(39-15-13-32(3,19-34)14-16-39)29(37-23)43-18-20-9-6-5-7-10-20/h5-12,17,40H,13-16,18-19,34H2,1-4H3,(H,36,41). The second kappa shape index (κ2) is 12.7. The lowest BCUT2D eigenvalue weighted by molar-refractivity contribution is -0.129. The maximum absolute atomic E-state index is 13.1. The summed E-state index contributed by atoms with van der Waals surface area (Å²) in [5.41, 5.74) is 6.14. The second-order valence-corrected chi connectivity index (χ2v) is 13.4. The lowest BCUT2D eigenvalue weighted by Gasteiger charge is -2.39. The van der Waals surface area contributed by atoms with Gasteiger partial charge in [-0.25, -0.2) is 9.97 Å². The van der Waals surface area contributed by atoms with Gasteiger partial charge in [0, 0.05) is 25.0 Å². The van der Waals surface area contributed by atoms with Crippen LogP contribution >= 0.6 is 23.4 Å². The molecule has 0 bridgehead atoms. The van der Waals surface area contributed by atoms with E-state index in [9.17, 15) is 14.7 Å². The Labute approximate surface area is 266 Å². The molecule has 1 fully saturated rings. The van der Waals surface area contributed by atoms with Crippen molar-refractivity contribution in [2.45, 2.75) is 55.7 Å². The fourth-order valence-corrected chi connectivity index (χ4v) is 6.17. The molecule has 0 saturated carbocycles. The van der Waals surface area contributed by atoms with Gasteiger partial charge in [0.2, 0.25) is 0 Å². The van der Waals surface area contributed by atoms with Crippen LogP contribution in [0.25, 0.3) is 0 Å². The molecule has 2 amide bonds. The lowest BCUT2D eigenvalue weighted by Crippen LogP contribution is -2.42. The third kappa shape index (κ3) is 6.36. The van der Waals surface area contributed by atoms with Crippen LogP contribution in [-0.2, 0) is 16.2 Å². The number of amides is 2. The van der Waals surface area contributed by atoms with Crippen molar-refractivity contribution in [2.75, 3.05) is 36.9 Å². The molecule has 44 heavy (non-hydrogen) atoms. The Hall–Kier alpha value is -3.80. The van der Waals surface area contributed by atoms with Gasteiger partial charge < -0.3 is 30.7 Å². The topological polar surface area (TPSA) is 134 Å². The molecule has 0 aliphatic carbocycles. The largest absolute Gasteiger partial charge is 0.509 e. The number of benzene rings is 2. The first-order valence-electron chi connectivity index (χ1n) is 14.4. The van der Waals surface area contributed by atoms with Crippen LogP contribution in [-0.4, -0.2) is 64.0 Å². The average molecular weight is 637 g/mol. The van der Waals surface area contributed by atoms with Crippen LogP contribution in [0.3, 0.4) is 0 Å². The third-order valence-corrected chi connectivity index (χ3v) is 9.99. The molecular weight excluding hydrogens is 600 g/mol. The van der Waals surface area contributed by atoms with Gasteiger partial charge in [0.1, 0.15) is 23.0 Å². The number of hydrogen-bond donors (Lipinski definition) is 3. The molecular formula is C32H37ClN6O4S. The number of halogens is 1. The normalized spacial score (nSPS) is 17.6. The summed E-state index contributed by atoms with van der Waals surface area (Å²) in [5.74, 6) is -0.486. The maximum atomic E-state index is 13.1. The van der Waals surface area contributed by atoms with Crippen LogP contribution in [0.2, 0.25) is 5.02 Å². The van der Waals surface area contributed by atoms with E-state index in [2.05, 4.69) is 17.1 Å². The maximum Gasteiger partial charge on any atom is 0.264 e. The van der Waals surface area contributed by atoms with Crippen LogP contribution in [0, 0.1) is 5.41 Å². The number of aliphatic hydroxyl groups is 1. The van der Waals surface area contributed by atoms with Crippen molar-refractivity contribution in [2.24, 2.45) is 11.1 Å². The molecule has 1 aromatic heterocycles. The summed E-state index contributed by atoms with van der Waals surface area (Å²) in [6, 6.07) is 15.0. The summed E-state index contributed by atoms with van der Waals surface area (Å²) in [6.45, 7) is 8.11. The average Bonchev–Trinajstić information content (AvgIpc) is 3.17. The SMILES string of the molecule is CN1C(=O)C(C(=O)Nc2cccc(Sc3cnc(N4CCC(C)(CN)CC4)c(OCc4ccccc4)n3)c2Cl)=C(O)C1(C)C. The molecule has 0 atom stereocenters. The molecule has 2 aliphatic rings. The van der Waals surface area contributed by atoms with Crippen LogP contribution in [0.1, 0.15) is 39.2 Å². The Morgan fingerprint density at radius 1 is 1.14 bits per heavy atom.